The van der Waals surface area contributed by atoms with Crippen LogP contribution < -0.4 is 14.2 Å². The minimum absolute atomic E-state index is 0.0451. The summed E-state index contributed by atoms with van der Waals surface area (Å²) < 4.78 is 45.2. The van der Waals surface area contributed by atoms with Crippen LogP contribution in [0.2, 0.25) is 0 Å². The summed E-state index contributed by atoms with van der Waals surface area (Å²) in [5.74, 6) is 0.143. The van der Waals surface area contributed by atoms with Crippen molar-refractivity contribution in [2.45, 2.75) is 45.1 Å². The average molecular weight is 436 g/mol. The zero-order chi connectivity index (χ0) is 22.1. The SMILES string of the molecule is CCOC(=O)C[C@@H](NS(=O)(=O)c1cc(OCC)ccc1OCC)c1ccc(C)cc1. The first-order chi connectivity index (χ1) is 14.3. The van der Waals surface area contributed by atoms with Gasteiger partial charge in [0.15, 0.2) is 0 Å². The summed E-state index contributed by atoms with van der Waals surface area (Å²) in [6, 6.07) is 11.2. The Bertz CT molecular complexity index is 941. The molecule has 0 saturated carbocycles. The van der Waals surface area contributed by atoms with E-state index >= 15 is 0 Å². The van der Waals surface area contributed by atoms with Crippen LogP contribution in [0.3, 0.4) is 0 Å². The number of rotatable bonds is 11. The third kappa shape index (κ3) is 6.47. The fourth-order valence-corrected chi connectivity index (χ4v) is 4.28. The number of hydrogen-bond acceptors (Lipinski definition) is 6. The molecule has 1 atom stereocenters. The van der Waals surface area contributed by atoms with Gasteiger partial charge in [-0.05, 0) is 45.4 Å². The van der Waals surface area contributed by atoms with E-state index in [9.17, 15) is 13.2 Å². The Labute approximate surface area is 178 Å². The van der Waals surface area contributed by atoms with Gasteiger partial charge in [-0.1, -0.05) is 29.8 Å². The lowest BCUT2D eigenvalue weighted by atomic mass is 10.0. The maximum Gasteiger partial charge on any atom is 0.307 e. The van der Waals surface area contributed by atoms with Crippen LogP contribution in [0.25, 0.3) is 0 Å². The number of sulfonamides is 1. The number of nitrogens with one attached hydrogen (secondary N) is 1. The zero-order valence-corrected chi connectivity index (χ0v) is 18.6. The van der Waals surface area contributed by atoms with Crippen molar-refractivity contribution < 1.29 is 27.4 Å². The highest BCUT2D eigenvalue weighted by atomic mass is 32.2. The Morgan fingerprint density at radius 1 is 0.967 bits per heavy atom. The van der Waals surface area contributed by atoms with Crippen molar-refractivity contribution >= 4 is 16.0 Å². The lowest BCUT2D eigenvalue weighted by Crippen LogP contribution is -2.31. The van der Waals surface area contributed by atoms with Crippen molar-refractivity contribution in [1.82, 2.24) is 4.72 Å². The highest BCUT2D eigenvalue weighted by Crippen LogP contribution is 2.30. The molecule has 0 heterocycles. The molecule has 0 unspecified atom stereocenters. The molecule has 30 heavy (non-hydrogen) atoms. The molecule has 2 aromatic rings. The Balaban J connectivity index is 2.43. The van der Waals surface area contributed by atoms with E-state index in [1.165, 1.54) is 6.07 Å². The van der Waals surface area contributed by atoms with Crippen molar-refractivity contribution in [1.29, 1.82) is 0 Å². The van der Waals surface area contributed by atoms with E-state index in [0.29, 0.717) is 24.5 Å². The minimum atomic E-state index is -4.03. The number of benzene rings is 2. The molecule has 7 nitrogen and oxygen atoms in total. The van der Waals surface area contributed by atoms with Crippen molar-refractivity contribution in [2.75, 3.05) is 19.8 Å². The topological polar surface area (TPSA) is 90.9 Å². The summed E-state index contributed by atoms with van der Waals surface area (Å²) >= 11 is 0. The zero-order valence-electron chi connectivity index (χ0n) is 17.8. The summed E-state index contributed by atoms with van der Waals surface area (Å²) in [4.78, 5) is 12.1. The molecule has 2 aromatic carbocycles. The molecule has 0 spiro atoms. The Kier molecular flexibility index (Phi) is 8.68. The smallest absolute Gasteiger partial charge is 0.307 e. The van der Waals surface area contributed by atoms with Gasteiger partial charge >= 0.3 is 5.97 Å². The second kappa shape index (κ2) is 11.0. The van der Waals surface area contributed by atoms with E-state index in [2.05, 4.69) is 4.72 Å². The predicted molar refractivity (Wildman–Crippen MR) is 114 cm³/mol. The summed E-state index contributed by atoms with van der Waals surface area (Å²) in [5, 5.41) is 0. The molecule has 2 rings (SSSR count). The maximum absolute atomic E-state index is 13.3. The molecule has 164 valence electrons. The van der Waals surface area contributed by atoms with Crippen LogP contribution in [-0.2, 0) is 19.6 Å². The molecule has 0 radical (unpaired) electrons. The van der Waals surface area contributed by atoms with Gasteiger partial charge in [0.25, 0.3) is 0 Å². The maximum atomic E-state index is 13.3. The fraction of sp³-hybridized carbons (Fsp3) is 0.409. The molecule has 0 fully saturated rings. The van der Waals surface area contributed by atoms with Gasteiger partial charge < -0.3 is 14.2 Å². The first-order valence-corrected chi connectivity index (χ1v) is 11.4. The standard InChI is InChI=1S/C22H29NO6S/c1-5-27-18-12-13-20(28-6-2)21(14-18)30(25,26)23-19(15-22(24)29-7-3)17-10-8-16(4)9-11-17/h8-14,19,23H,5-7,15H2,1-4H3/t19-/m1/s1. The first kappa shape index (κ1) is 23.7. The van der Waals surface area contributed by atoms with Crippen LogP contribution in [0, 0.1) is 6.92 Å². The summed E-state index contributed by atoms with van der Waals surface area (Å²) in [6.07, 6.45) is -0.134. The molecule has 8 heteroatoms. The molecular formula is C22H29NO6S. The van der Waals surface area contributed by atoms with Crippen molar-refractivity contribution in [2.24, 2.45) is 0 Å². The van der Waals surface area contributed by atoms with Crippen LogP contribution in [0.1, 0.15) is 44.4 Å². The Hall–Kier alpha value is -2.58. The lowest BCUT2D eigenvalue weighted by Gasteiger charge is -2.20. The third-order valence-electron chi connectivity index (χ3n) is 4.27. The fourth-order valence-electron chi connectivity index (χ4n) is 2.89. The molecule has 0 aromatic heterocycles. The van der Waals surface area contributed by atoms with Crippen LogP contribution in [0.4, 0.5) is 0 Å². The Morgan fingerprint density at radius 2 is 1.63 bits per heavy atom. The highest BCUT2D eigenvalue weighted by Gasteiger charge is 2.27. The van der Waals surface area contributed by atoms with Crippen LogP contribution >= 0.6 is 0 Å². The van der Waals surface area contributed by atoms with Gasteiger partial charge in [-0.25, -0.2) is 13.1 Å². The van der Waals surface area contributed by atoms with Gasteiger partial charge in [-0.15, -0.1) is 0 Å². The molecule has 0 saturated heterocycles. The molecule has 1 N–H and O–H groups in total. The average Bonchev–Trinajstić information content (AvgIpc) is 2.69. The van der Waals surface area contributed by atoms with E-state index in [4.69, 9.17) is 14.2 Å². The van der Waals surface area contributed by atoms with Crippen LogP contribution in [-0.4, -0.2) is 34.2 Å². The number of hydrogen-bond donors (Lipinski definition) is 1. The number of ether oxygens (including phenoxy) is 3. The van der Waals surface area contributed by atoms with Crippen molar-refractivity contribution in [3.05, 3.63) is 53.6 Å². The van der Waals surface area contributed by atoms with E-state index in [-0.39, 0.29) is 23.7 Å². The van der Waals surface area contributed by atoms with Crippen LogP contribution in [0.5, 0.6) is 11.5 Å². The van der Waals surface area contributed by atoms with E-state index in [0.717, 1.165) is 5.56 Å². The van der Waals surface area contributed by atoms with Gasteiger partial charge in [0.05, 0.1) is 32.3 Å². The van der Waals surface area contributed by atoms with Gasteiger partial charge in [0.2, 0.25) is 10.0 Å². The number of carbonyl (C=O) groups is 1. The lowest BCUT2D eigenvalue weighted by molar-refractivity contribution is -0.143. The minimum Gasteiger partial charge on any atom is -0.494 e. The van der Waals surface area contributed by atoms with E-state index in [1.807, 2.05) is 26.0 Å². The molecular weight excluding hydrogens is 406 g/mol. The first-order valence-electron chi connectivity index (χ1n) is 9.94. The quantitative estimate of drug-likeness (QED) is 0.541. The Morgan fingerprint density at radius 3 is 2.23 bits per heavy atom. The van der Waals surface area contributed by atoms with Crippen LogP contribution in [0.15, 0.2) is 47.4 Å². The predicted octanol–water partition coefficient (Wildman–Crippen LogP) is 3.77. The number of esters is 1. The van der Waals surface area contributed by atoms with Gasteiger partial charge in [0, 0.05) is 6.07 Å². The molecule has 0 aliphatic carbocycles. The number of aryl methyl sites for hydroxylation is 1. The van der Waals surface area contributed by atoms with E-state index in [1.54, 1.807) is 38.1 Å². The normalized spacial score (nSPS) is 12.3. The largest absolute Gasteiger partial charge is 0.494 e. The molecule has 0 amide bonds. The molecule has 0 aliphatic rings. The summed E-state index contributed by atoms with van der Waals surface area (Å²) in [6.45, 7) is 8.15. The van der Waals surface area contributed by atoms with E-state index < -0.39 is 22.0 Å². The van der Waals surface area contributed by atoms with Gasteiger partial charge in [0.1, 0.15) is 16.4 Å². The summed E-state index contributed by atoms with van der Waals surface area (Å²) in [5.41, 5.74) is 1.69. The molecule has 0 bridgehead atoms. The third-order valence-corrected chi connectivity index (χ3v) is 5.76. The molecule has 0 aliphatic heterocycles. The second-order valence-electron chi connectivity index (χ2n) is 6.57. The van der Waals surface area contributed by atoms with Crippen molar-refractivity contribution in [3.63, 3.8) is 0 Å². The van der Waals surface area contributed by atoms with Crippen molar-refractivity contribution in [3.8, 4) is 11.5 Å². The number of carbonyl (C=O) groups excluding carboxylic acids is 1. The monoisotopic (exact) mass is 435 g/mol. The summed E-state index contributed by atoms with van der Waals surface area (Å²) in [7, 11) is -4.03. The highest BCUT2D eigenvalue weighted by molar-refractivity contribution is 7.89. The van der Waals surface area contributed by atoms with Gasteiger partial charge in [-0.3, -0.25) is 4.79 Å². The second-order valence-corrected chi connectivity index (χ2v) is 8.25. The van der Waals surface area contributed by atoms with Gasteiger partial charge in [-0.2, -0.15) is 0 Å².